The number of benzene rings is 8. The fourth-order valence-corrected chi connectivity index (χ4v) is 13.2. The molecule has 0 amide bonds. The van der Waals surface area contributed by atoms with E-state index in [-0.39, 0.29) is 11.5 Å². The molecule has 0 aromatic heterocycles. The average Bonchev–Trinajstić information content (AvgIpc) is 3.80. The maximum absolute atomic E-state index is 15.5. The topological polar surface area (TPSA) is 81.7 Å². The molecule has 1 spiro atoms. The van der Waals surface area contributed by atoms with Crippen molar-refractivity contribution in [3.8, 4) is 33.8 Å². The van der Waals surface area contributed by atoms with E-state index in [0.29, 0.717) is 47.9 Å². The first kappa shape index (κ1) is 36.4. The molecule has 1 N–H and O–H groups in total. The van der Waals surface area contributed by atoms with Gasteiger partial charge in [0.25, 0.3) is 0 Å². The third-order valence-electron chi connectivity index (χ3n) is 12.9. The molecule has 11 rings (SSSR count). The Bertz CT molecular complexity index is 3150. The number of hydrogen-bond donors (Lipinski definition) is 1. The van der Waals surface area contributed by atoms with E-state index in [0.717, 1.165) is 76.5 Å². The lowest BCUT2D eigenvalue weighted by Gasteiger charge is -2.36. The van der Waals surface area contributed by atoms with E-state index in [9.17, 15) is 21.6 Å². The Hall–Kier alpha value is -5.67. The summed E-state index contributed by atoms with van der Waals surface area (Å²) in [7, 11) is -11.8. The molecule has 0 saturated heterocycles. The molecular weight excluding hydrogens is 791 g/mol. The summed E-state index contributed by atoms with van der Waals surface area (Å²) in [4.78, 5) is 0. The van der Waals surface area contributed by atoms with Crippen LogP contribution in [0, 0.1) is 13.8 Å². The molecule has 59 heavy (non-hydrogen) atoms. The van der Waals surface area contributed by atoms with E-state index in [1.807, 2.05) is 135 Å². The van der Waals surface area contributed by atoms with Gasteiger partial charge in [-0.1, -0.05) is 102 Å². The van der Waals surface area contributed by atoms with Crippen molar-refractivity contribution in [3.63, 3.8) is 0 Å². The van der Waals surface area contributed by atoms with Crippen molar-refractivity contribution in [2.75, 3.05) is 0 Å². The van der Waals surface area contributed by atoms with Gasteiger partial charge in [0.2, 0.25) is 0 Å². The Labute approximate surface area is 338 Å². The molecule has 0 bridgehead atoms. The molecule has 0 fully saturated rings. The second-order valence-corrected chi connectivity index (χ2v) is 19.6. The minimum Gasteiger partial charge on any atom is -0.403 e. The molecule has 8 aromatic rings. The van der Waals surface area contributed by atoms with Crippen LogP contribution in [0.2, 0.25) is 0 Å². The molecule has 0 saturated carbocycles. The van der Waals surface area contributed by atoms with Crippen LogP contribution in [-0.2, 0) is 32.8 Å². The molecule has 0 radical (unpaired) electrons. The zero-order chi connectivity index (χ0) is 40.6. The molecular formula is C48H35F3NO5PS. The van der Waals surface area contributed by atoms with E-state index in [4.69, 9.17) is 9.05 Å². The third-order valence-corrected chi connectivity index (χ3v) is 16.2. The van der Waals surface area contributed by atoms with Crippen LogP contribution in [0.1, 0.15) is 46.2 Å². The number of sulfonamides is 1. The van der Waals surface area contributed by atoms with E-state index in [1.54, 1.807) is 0 Å². The lowest BCUT2D eigenvalue weighted by Crippen LogP contribution is -2.37. The van der Waals surface area contributed by atoms with Crippen LogP contribution in [0.25, 0.3) is 65.3 Å². The van der Waals surface area contributed by atoms with Crippen LogP contribution in [0.5, 0.6) is 11.5 Å². The van der Waals surface area contributed by atoms with E-state index in [1.165, 1.54) is 4.49 Å². The number of alkyl halides is 3. The van der Waals surface area contributed by atoms with Gasteiger partial charge in [-0.3, -0.25) is 0 Å². The number of nitrogens with one attached hydrogen (secondary N) is 1. The molecule has 0 unspecified atom stereocenters. The average molecular weight is 826 g/mol. The molecule has 8 aromatic carbocycles. The number of hydrogen-bond acceptors (Lipinski definition) is 5. The quantitative estimate of drug-likeness (QED) is 0.141. The van der Waals surface area contributed by atoms with Crippen molar-refractivity contribution in [2.45, 2.75) is 50.5 Å². The lowest BCUT2D eigenvalue weighted by molar-refractivity contribution is -0.0443. The highest BCUT2D eigenvalue weighted by atomic mass is 32.2. The van der Waals surface area contributed by atoms with Crippen molar-refractivity contribution in [2.24, 2.45) is 0 Å². The van der Waals surface area contributed by atoms with Crippen LogP contribution < -0.4 is 13.5 Å². The van der Waals surface area contributed by atoms with Crippen molar-refractivity contribution >= 4 is 60.9 Å². The van der Waals surface area contributed by atoms with Gasteiger partial charge in [-0.15, -0.1) is 0 Å². The summed E-state index contributed by atoms with van der Waals surface area (Å²) in [5, 5.41) is 7.44. The summed E-state index contributed by atoms with van der Waals surface area (Å²) in [5.41, 5.74) is 1.07. The molecule has 3 aliphatic rings. The largest absolute Gasteiger partial charge is 0.526 e. The Morgan fingerprint density at radius 1 is 0.576 bits per heavy atom. The fraction of sp³-hybridized carbons (Fsp3) is 0.167. The molecule has 1 heterocycles. The van der Waals surface area contributed by atoms with Crippen molar-refractivity contribution in [1.82, 2.24) is 4.49 Å². The summed E-state index contributed by atoms with van der Waals surface area (Å²) in [6.07, 6.45) is 2.53. The van der Waals surface area contributed by atoms with Gasteiger partial charge in [0.15, 0.2) is 0 Å². The van der Waals surface area contributed by atoms with Crippen LogP contribution >= 0.6 is 7.75 Å². The molecule has 6 nitrogen and oxygen atoms in total. The number of rotatable bonds is 4. The number of aryl methyl sites for hydroxylation is 2. The molecule has 1 aliphatic heterocycles. The van der Waals surface area contributed by atoms with E-state index < -0.39 is 28.7 Å². The highest BCUT2D eigenvalue weighted by Gasteiger charge is 2.57. The van der Waals surface area contributed by atoms with Gasteiger partial charge >= 0.3 is 23.3 Å². The predicted octanol–water partition coefficient (Wildman–Crippen LogP) is 12.7. The van der Waals surface area contributed by atoms with Gasteiger partial charge in [-0.2, -0.15) is 13.2 Å². The summed E-state index contributed by atoms with van der Waals surface area (Å²) >= 11 is 0. The van der Waals surface area contributed by atoms with Gasteiger partial charge in [0.1, 0.15) is 11.5 Å². The number of fused-ring (bicyclic) bond motifs is 6. The first-order valence-electron chi connectivity index (χ1n) is 19.5. The smallest absolute Gasteiger partial charge is 0.403 e. The second kappa shape index (κ2) is 12.4. The van der Waals surface area contributed by atoms with Crippen LogP contribution in [0.4, 0.5) is 13.2 Å². The molecule has 294 valence electrons. The second-order valence-electron chi connectivity index (χ2n) is 16.0. The monoisotopic (exact) mass is 825 g/mol. The Morgan fingerprint density at radius 2 is 0.966 bits per heavy atom. The minimum atomic E-state index is -6.27. The lowest BCUT2D eigenvalue weighted by atomic mass is 9.73. The fourth-order valence-electron chi connectivity index (χ4n) is 10.4. The maximum Gasteiger partial charge on any atom is 0.526 e. The van der Waals surface area contributed by atoms with Gasteiger partial charge in [0, 0.05) is 27.7 Å². The third kappa shape index (κ3) is 5.22. The Kier molecular flexibility index (Phi) is 7.67. The summed E-state index contributed by atoms with van der Waals surface area (Å²) in [6.45, 7) is 4.03. The van der Waals surface area contributed by atoms with Crippen molar-refractivity contribution in [1.29, 1.82) is 0 Å². The Morgan fingerprint density at radius 3 is 1.39 bits per heavy atom. The maximum atomic E-state index is 15.5. The van der Waals surface area contributed by atoms with Crippen LogP contribution in [-0.4, -0.2) is 13.9 Å². The van der Waals surface area contributed by atoms with Crippen LogP contribution in [0.3, 0.4) is 0 Å². The van der Waals surface area contributed by atoms with Gasteiger partial charge in [-0.25, -0.2) is 13.0 Å². The van der Waals surface area contributed by atoms with E-state index in [2.05, 4.69) is 0 Å². The zero-order valence-corrected chi connectivity index (χ0v) is 33.6. The van der Waals surface area contributed by atoms with Gasteiger partial charge < -0.3 is 9.05 Å². The zero-order valence-electron chi connectivity index (χ0n) is 31.9. The van der Waals surface area contributed by atoms with Crippen molar-refractivity contribution in [3.05, 3.63) is 155 Å². The summed E-state index contributed by atoms with van der Waals surface area (Å²) in [5.74, 6) is 0.129. The molecule has 0 atom stereocenters. The Balaban J connectivity index is 1.27. The molecule has 11 heteroatoms. The first-order valence-corrected chi connectivity index (χ1v) is 22.5. The van der Waals surface area contributed by atoms with E-state index >= 15 is 4.57 Å². The summed E-state index contributed by atoms with van der Waals surface area (Å²) < 4.78 is 99.3. The standard InChI is InChI=1S/C48H35F3NO5PS/c1-27-23-41(39-25-29-11-3-5-13-33(29)35-15-7-9-17-37(35)39)45-43-31(27)19-21-47(43)22-20-32-28(2)24-42(40-26-30-12-4-6-14-34(30)36-16-8-10-18-38(36)40)46(44(32)47)57-58(53,56-45)52-59(54,55)48(49,50)51/h3-18,23-26H,19-22H2,1-2H3,(H,52,53). The first-order chi connectivity index (χ1) is 28.3. The van der Waals surface area contributed by atoms with Gasteiger partial charge in [0.05, 0.1) is 0 Å². The normalized spacial score (nSPS) is 16.4. The highest BCUT2D eigenvalue weighted by Crippen LogP contribution is 2.67. The van der Waals surface area contributed by atoms with Crippen molar-refractivity contribution < 1.29 is 35.2 Å². The minimum absolute atomic E-state index is 0.0643. The summed E-state index contributed by atoms with van der Waals surface area (Å²) in [6, 6.07) is 39.4. The predicted molar refractivity (Wildman–Crippen MR) is 228 cm³/mol. The SMILES string of the molecule is Cc1cc(-c2cc3ccccc3c3ccccc23)c2c3c1CCC31CCc3c(C)cc(-c4cc5ccccc5c5ccccc45)c(c31)OP(=O)(NS(=O)(=O)C(F)(F)F)O2. The molecule has 2 aliphatic carbocycles. The highest BCUT2D eigenvalue weighted by molar-refractivity contribution is 7.95. The van der Waals surface area contributed by atoms with Gasteiger partial charge in [-0.05, 0) is 140 Å². The van der Waals surface area contributed by atoms with Crippen LogP contribution in [0.15, 0.2) is 121 Å². The number of halogens is 3.